The second-order valence-electron chi connectivity index (χ2n) is 5.90. The van der Waals surface area contributed by atoms with Gasteiger partial charge in [0.05, 0.1) is 19.4 Å². The average Bonchev–Trinajstić information content (AvgIpc) is 3.14. The van der Waals surface area contributed by atoms with Gasteiger partial charge in [0.2, 0.25) is 11.8 Å². The van der Waals surface area contributed by atoms with Gasteiger partial charge in [0, 0.05) is 16.5 Å². The summed E-state index contributed by atoms with van der Waals surface area (Å²) in [6.07, 6.45) is 0.254. The Kier molecular flexibility index (Phi) is 6.06. The minimum absolute atomic E-state index is 0.0628. The molecule has 2 aromatic carbocycles. The molecule has 26 heavy (non-hydrogen) atoms. The summed E-state index contributed by atoms with van der Waals surface area (Å²) in [7, 11) is 1.59. The fraction of sp³-hybridized carbons (Fsp3) is 0.263. The molecule has 2 aromatic rings. The van der Waals surface area contributed by atoms with E-state index in [1.54, 1.807) is 60.2 Å². The summed E-state index contributed by atoms with van der Waals surface area (Å²) in [6, 6.07) is 13.8. The molecule has 1 fully saturated rings. The molecule has 0 radical (unpaired) electrons. The van der Waals surface area contributed by atoms with Crippen LogP contribution >= 0.6 is 23.4 Å². The monoisotopic (exact) mass is 390 g/mol. The van der Waals surface area contributed by atoms with Gasteiger partial charge >= 0.3 is 0 Å². The van der Waals surface area contributed by atoms with Crippen LogP contribution in [0.25, 0.3) is 0 Å². The first-order valence-electron chi connectivity index (χ1n) is 8.13. The highest BCUT2D eigenvalue weighted by molar-refractivity contribution is 7.99. The third-order valence-electron chi connectivity index (χ3n) is 4.13. The van der Waals surface area contributed by atoms with Crippen LogP contribution in [0.2, 0.25) is 5.02 Å². The molecule has 0 saturated carbocycles. The van der Waals surface area contributed by atoms with E-state index in [9.17, 15) is 9.59 Å². The Bertz CT molecular complexity index is 780. The Hall–Kier alpha value is -2.18. The molecule has 1 N–H and O–H groups in total. The van der Waals surface area contributed by atoms with Crippen molar-refractivity contribution >= 4 is 40.9 Å². The lowest BCUT2D eigenvalue weighted by molar-refractivity contribution is -0.135. The molecule has 0 aromatic heterocycles. The van der Waals surface area contributed by atoms with E-state index >= 15 is 0 Å². The number of carbonyl (C=O) groups is 2. The number of halogens is 1. The Labute approximate surface area is 161 Å². The summed E-state index contributed by atoms with van der Waals surface area (Å²) < 4.78 is 5.11. The number of hydrogen-bond acceptors (Lipinski definition) is 4. The van der Waals surface area contributed by atoms with Crippen molar-refractivity contribution in [1.82, 2.24) is 4.90 Å². The van der Waals surface area contributed by atoms with Gasteiger partial charge in [0.15, 0.2) is 0 Å². The lowest BCUT2D eigenvalue weighted by atomic mass is 10.1. The molecule has 136 valence electrons. The number of hydrogen-bond donors (Lipinski definition) is 1. The molecule has 3 rings (SSSR count). The van der Waals surface area contributed by atoms with E-state index in [1.807, 2.05) is 12.1 Å². The molecule has 1 unspecified atom stereocenters. The van der Waals surface area contributed by atoms with Crippen LogP contribution in [-0.2, 0) is 16.0 Å². The van der Waals surface area contributed by atoms with E-state index < -0.39 is 6.04 Å². The van der Waals surface area contributed by atoms with E-state index in [-0.39, 0.29) is 18.2 Å². The van der Waals surface area contributed by atoms with E-state index in [2.05, 4.69) is 5.32 Å². The van der Waals surface area contributed by atoms with Crippen molar-refractivity contribution in [2.24, 2.45) is 0 Å². The van der Waals surface area contributed by atoms with Gasteiger partial charge in [-0.25, -0.2) is 0 Å². The highest BCUT2D eigenvalue weighted by Gasteiger charge is 2.34. The quantitative estimate of drug-likeness (QED) is 0.849. The molecule has 1 aliphatic rings. The molecule has 0 bridgehead atoms. The maximum absolute atomic E-state index is 12.6. The van der Waals surface area contributed by atoms with Gasteiger partial charge < -0.3 is 15.0 Å². The molecule has 1 atom stereocenters. The van der Waals surface area contributed by atoms with Crippen LogP contribution in [0.3, 0.4) is 0 Å². The zero-order valence-corrected chi connectivity index (χ0v) is 15.8. The number of rotatable bonds is 5. The minimum atomic E-state index is -0.470. The number of ether oxygens (including phenoxy) is 1. The van der Waals surface area contributed by atoms with Gasteiger partial charge in [0.1, 0.15) is 11.8 Å². The molecule has 1 heterocycles. The largest absolute Gasteiger partial charge is 0.497 e. The number of nitrogens with zero attached hydrogens (tertiary/aromatic N) is 1. The van der Waals surface area contributed by atoms with Crippen molar-refractivity contribution in [3.8, 4) is 5.75 Å². The summed E-state index contributed by atoms with van der Waals surface area (Å²) in [4.78, 5) is 26.9. The van der Waals surface area contributed by atoms with Gasteiger partial charge in [-0.1, -0.05) is 23.7 Å². The smallest absolute Gasteiger partial charge is 0.248 e. The second kappa shape index (κ2) is 8.47. The van der Waals surface area contributed by atoms with Crippen LogP contribution in [0.4, 0.5) is 5.69 Å². The van der Waals surface area contributed by atoms with Crippen molar-refractivity contribution in [3.63, 3.8) is 0 Å². The first-order chi connectivity index (χ1) is 12.6. The fourth-order valence-electron chi connectivity index (χ4n) is 2.68. The van der Waals surface area contributed by atoms with Crippen molar-refractivity contribution < 1.29 is 14.3 Å². The molecule has 0 spiro atoms. The van der Waals surface area contributed by atoms with Crippen LogP contribution < -0.4 is 10.1 Å². The maximum atomic E-state index is 12.6. The highest BCUT2D eigenvalue weighted by atomic mass is 35.5. The normalized spacial score (nSPS) is 16.4. The standard InChI is InChI=1S/C19H19ClN2O3S/c1-25-16-8-6-15(7-9-16)21-19(24)17-11-26-12-22(17)18(23)10-13-2-4-14(20)5-3-13/h2-9,17H,10-12H2,1H3,(H,21,24). The topological polar surface area (TPSA) is 58.6 Å². The van der Waals surface area contributed by atoms with Crippen LogP contribution in [-0.4, -0.2) is 41.5 Å². The van der Waals surface area contributed by atoms with Gasteiger partial charge in [-0.15, -0.1) is 11.8 Å². The molecule has 2 amide bonds. The highest BCUT2D eigenvalue weighted by Crippen LogP contribution is 2.24. The van der Waals surface area contributed by atoms with Crippen LogP contribution in [0.5, 0.6) is 5.75 Å². The summed E-state index contributed by atoms with van der Waals surface area (Å²) in [5.74, 6) is 1.59. The molecule has 7 heteroatoms. The SMILES string of the molecule is COc1ccc(NC(=O)C2CSCN2C(=O)Cc2ccc(Cl)cc2)cc1. The average molecular weight is 391 g/mol. The zero-order valence-electron chi connectivity index (χ0n) is 14.3. The lowest BCUT2D eigenvalue weighted by Gasteiger charge is -2.23. The maximum Gasteiger partial charge on any atom is 0.248 e. The summed E-state index contributed by atoms with van der Waals surface area (Å²) in [6.45, 7) is 0. The predicted octanol–water partition coefficient (Wildman–Crippen LogP) is 3.43. The summed E-state index contributed by atoms with van der Waals surface area (Å²) >= 11 is 7.46. The Morgan fingerprint density at radius 3 is 2.54 bits per heavy atom. The van der Waals surface area contributed by atoms with E-state index in [0.717, 1.165) is 11.3 Å². The van der Waals surface area contributed by atoms with Gasteiger partial charge in [-0.05, 0) is 42.0 Å². The third-order valence-corrected chi connectivity index (χ3v) is 5.40. The first-order valence-corrected chi connectivity index (χ1v) is 9.66. The molecular formula is C19H19ClN2O3S. The van der Waals surface area contributed by atoms with E-state index in [0.29, 0.717) is 22.3 Å². The predicted molar refractivity (Wildman–Crippen MR) is 105 cm³/mol. The Morgan fingerprint density at radius 2 is 1.88 bits per heavy atom. The summed E-state index contributed by atoms with van der Waals surface area (Å²) in [5.41, 5.74) is 1.56. The van der Waals surface area contributed by atoms with Gasteiger partial charge in [0.25, 0.3) is 0 Å². The summed E-state index contributed by atoms with van der Waals surface area (Å²) in [5, 5.41) is 3.51. The third kappa shape index (κ3) is 4.51. The number of thioether (sulfide) groups is 1. The van der Waals surface area contributed by atoms with Crippen molar-refractivity contribution in [2.45, 2.75) is 12.5 Å². The van der Waals surface area contributed by atoms with Crippen molar-refractivity contribution in [1.29, 1.82) is 0 Å². The number of nitrogens with one attached hydrogen (secondary N) is 1. The Morgan fingerprint density at radius 1 is 1.19 bits per heavy atom. The minimum Gasteiger partial charge on any atom is -0.497 e. The number of anilines is 1. The number of amides is 2. The van der Waals surface area contributed by atoms with Crippen molar-refractivity contribution in [2.75, 3.05) is 24.1 Å². The van der Waals surface area contributed by atoms with Crippen LogP contribution in [0.1, 0.15) is 5.56 Å². The van der Waals surface area contributed by atoms with Gasteiger partial charge in [-0.2, -0.15) is 0 Å². The number of methoxy groups -OCH3 is 1. The number of benzene rings is 2. The Balaban J connectivity index is 1.63. The second-order valence-corrected chi connectivity index (χ2v) is 7.34. The lowest BCUT2D eigenvalue weighted by Crippen LogP contribution is -2.45. The zero-order chi connectivity index (χ0) is 18.5. The molecule has 5 nitrogen and oxygen atoms in total. The first kappa shape index (κ1) is 18.6. The number of carbonyl (C=O) groups excluding carboxylic acids is 2. The van der Waals surface area contributed by atoms with Crippen molar-refractivity contribution in [3.05, 3.63) is 59.1 Å². The molecule has 1 aliphatic heterocycles. The van der Waals surface area contributed by atoms with E-state index in [4.69, 9.17) is 16.3 Å². The molecule has 0 aliphatic carbocycles. The fourth-order valence-corrected chi connectivity index (χ4v) is 3.99. The molecule has 1 saturated heterocycles. The van der Waals surface area contributed by atoms with Crippen LogP contribution in [0, 0.1) is 0 Å². The molecular weight excluding hydrogens is 372 g/mol. The van der Waals surface area contributed by atoms with Crippen LogP contribution in [0.15, 0.2) is 48.5 Å². The van der Waals surface area contributed by atoms with E-state index in [1.165, 1.54) is 0 Å². The van der Waals surface area contributed by atoms with Gasteiger partial charge in [-0.3, -0.25) is 9.59 Å².